The van der Waals surface area contributed by atoms with Crippen LogP contribution in [0.15, 0.2) is 53.6 Å². The number of thioether (sulfide) groups is 1. The van der Waals surface area contributed by atoms with E-state index < -0.39 is 0 Å². The molecule has 2 aromatic rings. The van der Waals surface area contributed by atoms with E-state index in [4.69, 9.17) is 9.47 Å². The van der Waals surface area contributed by atoms with Crippen molar-refractivity contribution in [1.82, 2.24) is 9.88 Å². The molecule has 1 fully saturated rings. The van der Waals surface area contributed by atoms with Crippen LogP contribution in [0, 0.1) is 0 Å². The minimum Gasteiger partial charge on any atom is -0.497 e. The SMILES string of the molecule is COc1cccc(SCC(=O)N2CCC(OCc3ccccn3)CC2)c1. The van der Waals surface area contributed by atoms with Gasteiger partial charge in [-0.2, -0.15) is 0 Å². The minimum atomic E-state index is 0.181. The summed E-state index contributed by atoms with van der Waals surface area (Å²) in [5.74, 6) is 1.45. The van der Waals surface area contributed by atoms with Gasteiger partial charge in [0.1, 0.15) is 5.75 Å². The number of carbonyl (C=O) groups excluding carboxylic acids is 1. The van der Waals surface area contributed by atoms with Crippen molar-refractivity contribution in [3.05, 3.63) is 54.4 Å². The molecule has 1 saturated heterocycles. The first kappa shape index (κ1) is 18.7. The third kappa shape index (κ3) is 5.47. The first-order valence-electron chi connectivity index (χ1n) is 8.81. The molecule has 1 aliphatic rings. The summed E-state index contributed by atoms with van der Waals surface area (Å²) in [5.41, 5.74) is 0.945. The number of aromatic nitrogens is 1. The Balaban J connectivity index is 1.39. The lowest BCUT2D eigenvalue weighted by Gasteiger charge is -2.32. The third-order valence-electron chi connectivity index (χ3n) is 4.39. The lowest BCUT2D eigenvalue weighted by atomic mass is 10.1. The number of hydrogen-bond donors (Lipinski definition) is 0. The molecule has 1 aromatic carbocycles. The van der Waals surface area contributed by atoms with Crippen molar-refractivity contribution in [3.63, 3.8) is 0 Å². The Kier molecular flexibility index (Phi) is 6.91. The van der Waals surface area contributed by atoms with Crippen LogP contribution >= 0.6 is 11.8 Å². The van der Waals surface area contributed by atoms with Crippen LogP contribution in [0.2, 0.25) is 0 Å². The summed E-state index contributed by atoms with van der Waals surface area (Å²) in [5, 5.41) is 0. The first-order valence-corrected chi connectivity index (χ1v) is 9.79. The zero-order valence-electron chi connectivity index (χ0n) is 15.0. The molecule has 1 amide bonds. The highest BCUT2D eigenvalue weighted by atomic mass is 32.2. The molecule has 26 heavy (non-hydrogen) atoms. The number of nitrogens with zero attached hydrogens (tertiary/aromatic N) is 2. The molecular weight excluding hydrogens is 348 g/mol. The highest BCUT2D eigenvalue weighted by Crippen LogP contribution is 2.24. The zero-order chi connectivity index (χ0) is 18.2. The Morgan fingerprint density at radius 1 is 1.23 bits per heavy atom. The molecule has 0 atom stereocenters. The van der Waals surface area contributed by atoms with Gasteiger partial charge < -0.3 is 14.4 Å². The van der Waals surface area contributed by atoms with Gasteiger partial charge in [0.15, 0.2) is 0 Å². The molecule has 0 radical (unpaired) electrons. The van der Waals surface area contributed by atoms with E-state index in [1.54, 1.807) is 25.1 Å². The van der Waals surface area contributed by atoms with Crippen LogP contribution in [0.5, 0.6) is 5.75 Å². The summed E-state index contributed by atoms with van der Waals surface area (Å²) >= 11 is 1.55. The fourth-order valence-electron chi connectivity index (χ4n) is 2.89. The molecule has 0 saturated carbocycles. The monoisotopic (exact) mass is 372 g/mol. The molecule has 0 unspecified atom stereocenters. The zero-order valence-corrected chi connectivity index (χ0v) is 15.8. The average Bonchev–Trinajstić information content (AvgIpc) is 2.72. The van der Waals surface area contributed by atoms with E-state index in [0.717, 1.165) is 42.3 Å². The van der Waals surface area contributed by atoms with Crippen LogP contribution in [-0.4, -0.2) is 47.8 Å². The normalized spacial score (nSPS) is 15.0. The van der Waals surface area contributed by atoms with E-state index in [1.807, 2.05) is 47.4 Å². The highest BCUT2D eigenvalue weighted by molar-refractivity contribution is 8.00. The summed E-state index contributed by atoms with van der Waals surface area (Å²) in [6, 6.07) is 13.6. The number of amides is 1. The van der Waals surface area contributed by atoms with E-state index in [1.165, 1.54) is 0 Å². The van der Waals surface area contributed by atoms with Gasteiger partial charge in [0, 0.05) is 24.2 Å². The molecule has 0 spiro atoms. The molecule has 5 nitrogen and oxygen atoms in total. The predicted octanol–water partition coefficient (Wildman–Crippen LogP) is 3.39. The minimum absolute atomic E-state index is 0.181. The number of rotatable bonds is 7. The number of carbonyl (C=O) groups is 1. The molecule has 138 valence electrons. The van der Waals surface area contributed by atoms with Crippen molar-refractivity contribution in [2.75, 3.05) is 26.0 Å². The van der Waals surface area contributed by atoms with Gasteiger partial charge >= 0.3 is 0 Å². The van der Waals surface area contributed by atoms with Crippen molar-refractivity contribution < 1.29 is 14.3 Å². The van der Waals surface area contributed by atoms with E-state index in [-0.39, 0.29) is 12.0 Å². The van der Waals surface area contributed by atoms with Gasteiger partial charge in [0.25, 0.3) is 0 Å². The summed E-state index contributed by atoms with van der Waals surface area (Å²) < 4.78 is 11.1. The maximum atomic E-state index is 12.4. The molecule has 0 N–H and O–H groups in total. The Morgan fingerprint density at radius 3 is 2.81 bits per heavy atom. The standard InChI is InChI=1S/C20H24N2O3S/c1-24-18-6-4-7-19(13-18)26-15-20(23)22-11-8-17(9-12-22)25-14-16-5-2-3-10-21-16/h2-7,10,13,17H,8-9,11-12,14-15H2,1H3. The predicted molar refractivity (Wildman–Crippen MR) is 102 cm³/mol. The largest absolute Gasteiger partial charge is 0.497 e. The molecular formula is C20H24N2O3S. The highest BCUT2D eigenvalue weighted by Gasteiger charge is 2.23. The maximum Gasteiger partial charge on any atom is 0.232 e. The summed E-state index contributed by atoms with van der Waals surface area (Å²) in [6.45, 7) is 2.04. The van der Waals surface area contributed by atoms with Gasteiger partial charge in [-0.1, -0.05) is 12.1 Å². The lowest BCUT2D eigenvalue weighted by Crippen LogP contribution is -2.41. The Labute approximate surface area is 158 Å². The van der Waals surface area contributed by atoms with Crippen LogP contribution < -0.4 is 4.74 Å². The number of methoxy groups -OCH3 is 1. The maximum absolute atomic E-state index is 12.4. The van der Waals surface area contributed by atoms with Crippen molar-refractivity contribution in [1.29, 1.82) is 0 Å². The van der Waals surface area contributed by atoms with Crippen LogP contribution in [-0.2, 0) is 16.1 Å². The Hall–Kier alpha value is -2.05. The molecule has 1 aromatic heterocycles. The van der Waals surface area contributed by atoms with Gasteiger partial charge in [-0.3, -0.25) is 9.78 Å². The molecule has 3 rings (SSSR count). The molecule has 0 aliphatic carbocycles. The second-order valence-electron chi connectivity index (χ2n) is 6.18. The molecule has 1 aliphatic heterocycles. The second kappa shape index (κ2) is 9.59. The van der Waals surface area contributed by atoms with E-state index in [2.05, 4.69) is 4.98 Å². The quantitative estimate of drug-likeness (QED) is 0.698. The fraction of sp³-hybridized carbons (Fsp3) is 0.400. The van der Waals surface area contributed by atoms with E-state index in [9.17, 15) is 4.79 Å². The Bertz CT molecular complexity index is 703. The molecule has 0 bridgehead atoms. The van der Waals surface area contributed by atoms with Gasteiger partial charge in [-0.15, -0.1) is 11.8 Å². The average molecular weight is 372 g/mol. The van der Waals surface area contributed by atoms with Crippen LogP contribution in [0.3, 0.4) is 0 Å². The topological polar surface area (TPSA) is 51.7 Å². The smallest absolute Gasteiger partial charge is 0.232 e. The number of benzene rings is 1. The van der Waals surface area contributed by atoms with Crippen molar-refractivity contribution in [3.8, 4) is 5.75 Å². The van der Waals surface area contributed by atoms with Gasteiger partial charge in [-0.05, 0) is 43.2 Å². The van der Waals surface area contributed by atoms with E-state index >= 15 is 0 Å². The fourth-order valence-corrected chi connectivity index (χ4v) is 3.73. The number of likely N-dealkylation sites (tertiary alicyclic amines) is 1. The third-order valence-corrected chi connectivity index (χ3v) is 5.37. The van der Waals surface area contributed by atoms with Crippen molar-refractivity contribution >= 4 is 17.7 Å². The van der Waals surface area contributed by atoms with Crippen LogP contribution in [0.25, 0.3) is 0 Å². The Morgan fingerprint density at radius 2 is 2.08 bits per heavy atom. The molecule has 2 heterocycles. The number of ether oxygens (including phenoxy) is 2. The van der Waals surface area contributed by atoms with Crippen LogP contribution in [0.4, 0.5) is 0 Å². The molecule has 6 heteroatoms. The van der Waals surface area contributed by atoms with Crippen molar-refractivity contribution in [2.24, 2.45) is 0 Å². The van der Waals surface area contributed by atoms with Gasteiger partial charge in [0.2, 0.25) is 5.91 Å². The second-order valence-corrected chi connectivity index (χ2v) is 7.23. The summed E-state index contributed by atoms with van der Waals surface area (Å²) in [7, 11) is 1.65. The van der Waals surface area contributed by atoms with Gasteiger partial charge in [0.05, 0.1) is 31.3 Å². The summed E-state index contributed by atoms with van der Waals surface area (Å²) in [4.78, 5) is 19.7. The van der Waals surface area contributed by atoms with Crippen LogP contribution in [0.1, 0.15) is 18.5 Å². The van der Waals surface area contributed by atoms with Gasteiger partial charge in [-0.25, -0.2) is 0 Å². The van der Waals surface area contributed by atoms with Crippen molar-refractivity contribution in [2.45, 2.75) is 30.4 Å². The van der Waals surface area contributed by atoms with E-state index in [0.29, 0.717) is 12.4 Å². The first-order chi connectivity index (χ1) is 12.7. The summed E-state index contributed by atoms with van der Waals surface area (Å²) in [6.07, 6.45) is 3.73. The number of pyridine rings is 1. The lowest BCUT2D eigenvalue weighted by molar-refractivity contribution is -0.131. The number of hydrogen-bond acceptors (Lipinski definition) is 5. The number of piperidine rings is 1.